The summed E-state index contributed by atoms with van der Waals surface area (Å²) in [5.74, 6) is 0.0560. The first-order valence-electron chi connectivity index (χ1n) is 4.78. The average Bonchev–Trinajstić information content (AvgIpc) is 2.07. The molecule has 1 aliphatic heterocycles. The Labute approximate surface area is 79.7 Å². The van der Waals surface area contributed by atoms with Crippen LogP contribution in [0.15, 0.2) is 0 Å². The lowest BCUT2D eigenvalue weighted by atomic mass is 10.0. The standard InChI is InChI=1S/C7H14N2O2.C2H6/c1-6(10)9-4-2-7(8,11)3-5-9;1-2/h11H,2-5,8H2,1H3;1-2H3. The van der Waals surface area contributed by atoms with Crippen LogP contribution < -0.4 is 5.73 Å². The van der Waals surface area contributed by atoms with Gasteiger partial charge in [-0.15, -0.1) is 0 Å². The summed E-state index contributed by atoms with van der Waals surface area (Å²) >= 11 is 0. The molecule has 1 saturated heterocycles. The molecule has 1 fully saturated rings. The minimum absolute atomic E-state index is 0.0560. The fourth-order valence-corrected chi connectivity index (χ4v) is 1.21. The molecule has 0 spiro atoms. The van der Waals surface area contributed by atoms with Gasteiger partial charge in [-0.1, -0.05) is 13.8 Å². The molecule has 0 aliphatic carbocycles. The number of aliphatic hydroxyl groups is 1. The Hall–Kier alpha value is -0.610. The molecule has 1 amide bonds. The average molecular weight is 188 g/mol. The Morgan fingerprint density at radius 2 is 1.77 bits per heavy atom. The first kappa shape index (κ1) is 12.4. The van der Waals surface area contributed by atoms with Crippen molar-refractivity contribution < 1.29 is 9.90 Å². The highest BCUT2D eigenvalue weighted by atomic mass is 16.3. The molecular formula is C9H20N2O2. The van der Waals surface area contributed by atoms with Crippen molar-refractivity contribution >= 4 is 5.91 Å². The van der Waals surface area contributed by atoms with Gasteiger partial charge in [0.25, 0.3) is 0 Å². The number of nitrogens with two attached hydrogens (primary N) is 1. The molecule has 3 N–H and O–H groups in total. The van der Waals surface area contributed by atoms with E-state index in [9.17, 15) is 9.90 Å². The third kappa shape index (κ3) is 4.24. The van der Waals surface area contributed by atoms with Crippen LogP contribution in [0.25, 0.3) is 0 Å². The second-order valence-corrected chi connectivity index (χ2v) is 3.11. The SMILES string of the molecule is CC.CC(=O)N1CCC(N)(O)CC1. The highest BCUT2D eigenvalue weighted by molar-refractivity contribution is 5.73. The van der Waals surface area contributed by atoms with Crippen LogP contribution in [0.3, 0.4) is 0 Å². The van der Waals surface area contributed by atoms with Crippen LogP contribution in [-0.4, -0.2) is 34.7 Å². The zero-order valence-corrected chi connectivity index (χ0v) is 8.71. The maximum atomic E-state index is 10.8. The van der Waals surface area contributed by atoms with E-state index in [1.165, 1.54) is 6.92 Å². The summed E-state index contributed by atoms with van der Waals surface area (Å²) < 4.78 is 0. The fourth-order valence-electron chi connectivity index (χ4n) is 1.21. The van der Waals surface area contributed by atoms with E-state index < -0.39 is 5.72 Å². The van der Waals surface area contributed by atoms with Gasteiger partial charge in [-0.05, 0) is 0 Å². The summed E-state index contributed by atoms with van der Waals surface area (Å²) in [6.07, 6.45) is 0.958. The van der Waals surface area contributed by atoms with E-state index in [-0.39, 0.29) is 5.91 Å². The largest absolute Gasteiger partial charge is 0.376 e. The lowest BCUT2D eigenvalue weighted by Crippen LogP contribution is -2.51. The Bertz CT molecular complexity index is 159. The number of hydrogen-bond donors (Lipinski definition) is 2. The van der Waals surface area contributed by atoms with Crippen LogP contribution >= 0.6 is 0 Å². The normalized spacial score (nSPS) is 20.2. The van der Waals surface area contributed by atoms with Crippen LogP contribution in [-0.2, 0) is 4.79 Å². The second-order valence-electron chi connectivity index (χ2n) is 3.11. The van der Waals surface area contributed by atoms with Gasteiger partial charge in [-0.2, -0.15) is 0 Å². The van der Waals surface area contributed by atoms with Crippen LogP contribution in [0.2, 0.25) is 0 Å². The zero-order chi connectivity index (χ0) is 10.5. The molecule has 0 unspecified atom stereocenters. The van der Waals surface area contributed by atoms with Crippen molar-refractivity contribution in [3.63, 3.8) is 0 Å². The quantitative estimate of drug-likeness (QED) is 0.537. The molecule has 4 heteroatoms. The van der Waals surface area contributed by atoms with Gasteiger partial charge in [-0.3, -0.25) is 4.79 Å². The molecule has 1 aliphatic rings. The van der Waals surface area contributed by atoms with E-state index in [0.29, 0.717) is 25.9 Å². The molecule has 13 heavy (non-hydrogen) atoms. The van der Waals surface area contributed by atoms with E-state index in [0.717, 1.165) is 0 Å². The molecule has 1 rings (SSSR count). The molecule has 78 valence electrons. The predicted octanol–water partition coefficient (Wildman–Crippen LogP) is 0.302. The minimum Gasteiger partial charge on any atom is -0.376 e. The summed E-state index contributed by atoms with van der Waals surface area (Å²) in [5, 5.41) is 9.31. The maximum absolute atomic E-state index is 10.8. The highest BCUT2D eigenvalue weighted by Crippen LogP contribution is 2.15. The van der Waals surface area contributed by atoms with E-state index in [1.807, 2.05) is 13.8 Å². The van der Waals surface area contributed by atoms with Gasteiger partial charge in [-0.25, -0.2) is 0 Å². The van der Waals surface area contributed by atoms with Gasteiger partial charge in [0.1, 0.15) is 5.72 Å². The molecular weight excluding hydrogens is 168 g/mol. The summed E-state index contributed by atoms with van der Waals surface area (Å²) in [5.41, 5.74) is 4.41. The number of amides is 1. The molecule has 0 bridgehead atoms. The number of piperidine rings is 1. The number of carbonyl (C=O) groups is 1. The van der Waals surface area contributed by atoms with E-state index in [1.54, 1.807) is 4.90 Å². The van der Waals surface area contributed by atoms with Gasteiger partial charge < -0.3 is 15.7 Å². The second kappa shape index (κ2) is 5.19. The molecule has 1 heterocycles. The minimum atomic E-state index is -1.05. The van der Waals surface area contributed by atoms with Crippen LogP contribution in [0, 0.1) is 0 Å². The first-order valence-corrected chi connectivity index (χ1v) is 4.78. The molecule has 0 aromatic carbocycles. The fraction of sp³-hybridized carbons (Fsp3) is 0.889. The Morgan fingerprint density at radius 1 is 1.38 bits per heavy atom. The van der Waals surface area contributed by atoms with Crippen molar-refractivity contribution in [1.29, 1.82) is 0 Å². The molecule has 0 radical (unpaired) electrons. The Morgan fingerprint density at radius 3 is 2.08 bits per heavy atom. The Balaban J connectivity index is 0.000000671. The number of carbonyl (C=O) groups excluding carboxylic acids is 1. The van der Waals surface area contributed by atoms with E-state index in [4.69, 9.17) is 5.73 Å². The lowest BCUT2D eigenvalue weighted by molar-refractivity contribution is -0.132. The van der Waals surface area contributed by atoms with Crippen LogP contribution in [0.1, 0.15) is 33.6 Å². The number of nitrogens with zero attached hydrogens (tertiary/aromatic N) is 1. The van der Waals surface area contributed by atoms with Crippen molar-refractivity contribution in [1.82, 2.24) is 4.90 Å². The van der Waals surface area contributed by atoms with Crippen molar-refractivity contribution in [2.24, 2.45) is 5.73 Å². The van der Waals surface area contributed by atoms with Crippen LogP contribution in [0.5, 0.6) is 0 Å². The molecule has 0 aromatic rings. The van der Waals surface area contributed by atoms with E-state index in [2.05, 4.69) is 0 Å². The number of likely N-dealkylation sites (tertiary alicyclic amines) is 1. The first-order chi connectivity index (χ1) is 6.01. The third-order valence-electron chi connectivity index (χ3n) is 2.07. The Kier molecular flexibility index (Phi) is 4.95. The molecule has 4 nitrogen and oxygen atoms in total. The molecule has 0 atom stereocenters. The maximum Gasteiger partial charge on any atom is 0.219 e. The summed E-state index contributed by atoms with van der Waals surface area (Å²) in [6.45, 7) is 6.67. The summed E-state index contributed by atoms with van der Waals surface area (Å²) in [7, 11) is 0. The smallest absolute Gasteiger partial charge is 0.219 e. The highest BCUT2D eigenvalue weighted by Gasteiger charge is 2.28. The van der Waals surface area contributed by atoms with Crippen molar-refractivity contribution in [3.8, 4) is 0 Å². The number of rotatable bonds is 0. The van der Waals surface area contributed by atoms with Gasteiger partial charge >= 0.3 is 0 Å². The summed E-state index contributed by atoms with van der Waals surface area (Å²) in [4.78, 5) is 12.5. The van der Waals surface area contributed by atoms with Crippen molar-refractivity contribution in [2.45, 2.75) is 39.3 Å². The predicted molar refractivity (Wildman–Crippen MR) is 52.0 cm³/mol. The van der Waals surface area contributed by atoms with Gasteiger partial charge in [0.05, 0.1) is 0 Å². The molecule has 0 saturated carbocycles. The lowest BCUT2D eigenvalue weighted by Gasteiger charge is -2.34. The van der Waals surface area contributed by atoms with Gasteiger partial charge in [0, 0.05) is 32.9 Å². The van der Waals surface area contributed by atoms with Gasteiger partial charge in [0.2, 0.25) is 5.91 Å². The monoisotopic (exact) mass is 188 g/mol. The van der Waals surface area contributed by atoms with Crippen molar-refractivity contribution in [3.05, 3.63) is 0 Å². The molecule has 0 aromatic heterocycles. The van der Waals surface area contributed by atoms with Crippen molar-refractivity contribution in [2.75, 3.05) is 13.1 Å². The van der Waals surface area contributed by atoms with E-state index >= 15 is 0 Å². The van der Waals surface area contributed by atoms with Crippen LogP contribution in [0.4, 0.5) is 0 Å². The topological polar surface area (TPSA) is 66.6 Å². The van der Waals surface area contributed by atoms with Gasteiger partial charge in [0.15, 0.2) is 0 Å². The third-order valence-corrected chi connectivity index (χ3v) is 2.07. The number of hydrogen-bond acceptors (Lipinski definition) is 3. The zero-order valence-electron chi connectivity index (χ0n) is 8.71. The summed E-state index contributed by atoms with van der Waals surface area (Å²) in [6, 6.07) is 0.